The summed E-state index contributed by atoms with van der Waals surface area (Å²) >= 11 is 0. The van der Waals surface area contributed by atoms with Crippen LogP contribution in [0.4, 0.5) is 0 Å². The Balaban J connectivity index is 0. The van der Waals surface area contributed by atoms with Gasteiger partial charge in [-0.2, -0.15) is 6.08 Å². The normalized spacial score (nSPS) is 13.7. The fourth-order valence-electron chi connectivity index (χ4n) is 0.693. The average molecular weight is 292 g/mol. The second kappa shape index (κ2) is 6.29. The van der Waals surface area contributed by atoms with Gasteiger partial charge in [0.25, 0.3) is 0 Å². The van der Waals surface area contributed by atoms with Gasteiger partial charge in [0.15, 0.2) is 0 Å². The van der Waals surface area contributed by atoms with Crippen molar-refractivity contribution in [2.45, 2.75) is 19.8 Å². The van der Waals surface area contributed by atoms with Gasteiger partial charge in [-0.05, 0) is 0 Å². The summed E-state index contributed by atoms with van der Waals surface area (Å²) < 4.78 is 0. The van der Waals surface area contributed by atoms with E-state index in [-0.39, 0.29) is 28.5 Å². The smallest absolute Gasteiger partial charge is 0.358 e. The Kier molecular flexibility index (Phi) is 8.32. The SMILES string of the molecule is CCC1=[C-]CC=C1.[CH3-].[W+2]. The van der Waals surface area contributed by atoms with Gasteiger partial charge in [0, 0.05) is 0 Å². The molecule has 0 N–H and O–H groups in total. The molecule has 0 aliphatic heterocycles. The van der Waals surface area contributed by atoms with E-state index in [9.17, 15) is 0 Å². The second-order valence-electron chi connectivity index (χ2n) is 1.66. The molecule has 9 heavy (non-hydrogen) atoms. The van der Waals surface area contributed by atoms with Gasteiger partial charge in [-0.1, -0.05) is 13.3 Å². The molecule has 1 rings (SSSR count). The largest absolute Gasteiger partial charge is 2.00 e. The molecule has 0 aromatic carbocycles. The third-order valence-electron chi connectivity index (χ3n) is 1.15. The van der Waals surface area contributed by atoms with Gasteiger partial charge in [0.1, 0.15) is 0 Å². The first-order valence-electron chi connectivity index (χ1n) is 2.69. The average Bonchev–Trinajstić information content (AvgIpc) is 2.14. The summed E-state index contributed by atoms with van der Waals surface area (Å²) in [6.45, 7) is 2.15. The van der Waals surface area contributed by atoms with Crippen LogP contribution in [0.3, 0.4) is 0 Å². The summed E-state index contributed by atoms with van der Waals surface area (Å²) in [6, 6.07) is 0. The molecule has 0 aromatic heterocycles. The van der Waals surface area contributed by atoms with E-state index in [4.69, 9.17) is 0 Å². The Labute approximate surface area is 72.3 Å². The van der Waals surface area contributed by atoms with Crippen molar-refractivity contribution in [3.8, 4) is 0 Å². The number of hydrogen-bond acceptors (Lipinski definition) is 0. The molecule has 1 aliphatic rings. The van der Waals surface area contributed by atoms with E-state index in [2.05, 4.69) is 25.2 Å². The number of rotatable bonds is 1. The summed E-state index contributed by atoms with van der Waals surface area (Å²) in [6.07, 6.45) is 9.65. The third kappa shape index (κ3) is 3.70. The molecule has 0 heterocycles. The van der Waals surface area contributed by atoms with Crippen LogP contribution in [-0.4, -0.2) is 0 Å². The Hall–Kier alpha value is 0.168. The Bertz CT molecular complexity index is 112. The zero-order chi connectivity index (χ0) is 5.11. The van der Waals surface area contributed by atoms with Gasteiger partial charge in [0.05, 0.1) is 0 Å². The first kappa shape index (κ1) is 11.9. The maximum Gasteiger partial charge on any atom is 2.00 e. The van der Waals surface area contributed by atoms with Crippen molar-refractivity contribution in [1.29, 1.82) is 0 Å². The van der Waals surface area contributed by atoms with E-state index in [1.54, 1.807) is 0 Å². The quantitative estimate of drug-likeness (QED) is 0.652. The molecule has 0 unspecified atom stereocenters. The molecule has 1 heteroatoms. The molecule has 0 bridgehead atoms. The summed E-state index contributed by atoms with van der Waals surface area (Å²) in [5.41, 5.74) is 1.36. The van der Waals surface area contributed by atoms with Crippen molar-refractivity contribution in [3.05, 3.63) is 31.2 Å². The summed E-state index contributed by atoms with van der Waals surface area (Å²) in [5, 5.41) is 0. The topological polar surface area (TPSA) is 0 Å². The summed E-state index contributed by atoms with van der Waals surface area (Å²) in [4.78, 5) is 0. The molecule has 0 saturated carbocycles. The minimum atomic E-state index is 0. The Morgan fingerprint density at radius 2 is 2.33 bits per heavy atom. The van der Waals surface area contributed by atoms with Crippen molar-refractivity contribution >= 4 is 0 Å². The van der Waals surface area contributed by atoms with E-state index in [0.717, 1.165) is 12.8 Å². The number of hydrogen-bond donors (Lipinski definition) is 0. The molecule has 0 amide bonds. The Morgan fingerprint density at radius 1 is 1.67 bits per heavy atom. The zero-order valence-electron chi connectivity index (χ0n) is 5.98. The van der Waals surface area contributed by atoms with Crippen LogP contribution in [0.15, 0.2) is 17.7 Å². The van der Waals surface area contributed by atoms with E-state index in [0.29, 0.717) is 0 Å². The molecule has 0 spiro atoms. The standard InChI is InChI=1S/C7H9.CH3.W/c1-2-7-5-3-4-6-7;;/h3,5H,2,4H2,1H3;1H3;/q2*-1;+2. The van der Waals surface area contributed by atoms with Crippen LogP contribution >= 0.6 is 0 Å². The third-order valence-corrected chi connectivity index (χ3v) is 1.15. The van der Waals surface area contributed by atoms with Crippen molar-refractivity contribution in [1.82, 2.24) is 0 Å². The zero-order valence-corrected chi connectivity index (χ0v) is 8.91. The molecule has 0 fully saturated rings. The van der Waals surface area contributed by atoms with Gasteiger partial charge in [-0.25, -0.2) is 11.6 Å². The van der Waals surface area contributed by atoms with E-state index < -0.39 is 0 Å². The van der Waals surface area contributed by atoms with Crippen molar-refractivity contribution in [3.63, 3.8) is 0 Å². The molecule has 0 nitrogen and oxygen atoms in total. The van der Waals surface area contributed by atoms with Crippen molar-refractivity contribution in [2.75, 3.05) is 0 Å². The fourth-order valence-corrected chi connectivity index (χ4v) is 0.693. The maximum absolute atomic E-state index is 3.21. The minimum Gasteiger partial charge on any atom is -0.358 e. The van der Waals surface area contributed by atoms with E-state index >= 15 is 0 Å². The molecule has 0 radical (unpaired) electrons. The monoisotopic (exact) mass is 292 g/mol. The summed E-state index contributed by atoms with van der Waals surface area (Å²) in [7, 11) is 0. The molecular formula is C8H12W. The van der Waals surface area contributed by atoms with Crippen LogP contribution < -0.4 is 0 Å². The van der Waals surface area contributed by atoms with Crippen LogP contribution in [0.5, 0.6) is 0 Å². The Morgan fingerprint density at radius 3 is 2.56 bits per heavy atom. The molecular weight excluding hydrogens is 280 g/mol. The van der Waals surface area contributed by atoms with Crippen LogP contribution in [0.25, 0.3) is 0 Å². The van der Waals surface area contributed by atoms with Gasteiger partial charge < -0.3 is 7.43 Å². The predicted molar refractivity (Wildman–Crippen MR) is 37.2 cm³/mol. The molecule has 0 saturated heterocycles. The molecule has 50 valence electrons. The minimum absolute atomic E-state index is 0. The summed E-state index contributed by atoms with van der Waals surface area (Å²) in [5.74, 6) is 0. The van der Waals surface area contributed by atoms with Crippen LogP contribution in [0, 0.1) is 13.5 Å². The van der Waals surface area contributed by atoms with Crippen molar-refractivity contribution in [2.24, 2.45) is 0 Å². The molecule has 1 aliphatic carbocycles. The fraction of sp³-hybridized carbons (Fsp3) is 0.375. The van der Waals surface area contributed by atoms with Crippen LogP contribution in [0.2, 0.25) is 0 Å². The van der Waals surface area contributed by atoms with Gasteiger partial charge >= 0.3 is 21.1 Å². The van der Waals surface area contributed by atoms with Gasteiger partial charge in [-0.3, -0.25) is 6.08 Å². The first-order valence-corrected chi connectivity index (χ1v) is 2.69. The van der Waals surface area contributed by atoms with E-state index in [1.165, 1.54) is 5.57 Å². The maximum atomic E-state index is 3.21. The predicted octanol–water partition coefficient (Wildman–Crippen LogP) is 2.53. The van der Waals surface area contributed by atoms with Crippen molar-refractivity contribution < 1.29 is 21.1 Å². The van der Waals surface area contributed by atoms with Gasteiger partial charge in [-0.15, -0.1) is 6.42 Å². The van der Waals surface area contributed by atoms with Crippen LogP contribution in [0.1, 0.15) is 19.8 Å². The number of allylic oxidation sites excluding steroid dienone is 4. The first-order chi connectivity index (χ1) is 3.43. The van der Waals surface area contributed by atoms with E-state index in [1.807, 2.05) is 0 Å². The van der Waals surface area contributed by atoms with Gasteiger partial charge in [0.2, 0.25) is 0 Å². The molecule has 0 aromatic rings. The second-order valence-corrected chi connectivity index (χ2v) is 1.66. The molecule has 0 atom stereocenters. The van der Waals surface area contributed by atoms with Crippen LogP contribution in [-0.2, 0) is 21.1 Å².